The van der Waals surface area contributed by atoms with Gasteiger partial charge >= 0.3 is 0 Å². The van der Waals surface area contributed by atoms with Crippen LogP contribution in [0.15, 0.2) is 6.07 Å². The number of ether oxygens (including phenoxy) is 1. The Labute approximate surface area is 102 Å². The summed E-state index contributed by atoms with van der Waals surface area (Å²) in [7, 11) is 0. The van der Waals surface area contributed by atoms with Gasteiger partial charge in [-0.3, -0.25) is 0 Å². The summed E-state index contributed by atoms with van der Waals surface area (Å²) in [4.78, 5) is 0. The molecule has 0 saturated heterocycles. The molecular weight excluding hydrogens is 216 g/mol. The summed E-state index contributed by atoms with van der Waals surface area (Å²) >= 11 is 0. The van der Waals surface area contributed by atoms with Crippen LogP contribution in [0, 0.1) is 0 Å². The summed E-state index contributed by atoms with van der Waals surface area (Å²) in [5.74, 6) is 0. The van der Waals surface area contributed by atoms with Gasteiger partial charge in [0.1, 0.15) is 0 Å². The summed E-state index contributed by atoms with van der Waals surface area (Å²) in [6.45, 7) is 3.36. The first-order chi connectivity index (χ1) is 8.31. The van der Waals surface area contributed by atoms with E-state index in [1.165, 1.54) is 11.1 Å². The van der Waals surface area contributed by atoms with E-state index in [4.69, 9.17) is 4.74 Å². The van der Waals surface area contributed by atoms with Gasteiger partial charge in [-0.2, -0.15) is 0 Å². The molecule has 0 bridgehead atoms. The van der Waals surface area contributed by atoms with E-state index < -0.39 is 0 Å². The third kappa shape index (κ3) is 2.37. The van der Waals surface area contributed by atoms with E-state index in [2.05, 4.69) is 6.92 Å². The molecular formula is C14H20O3. The van der Waals surface area contributed by atoms with Gasteiger partial charge in [-0.05, 0) is 40.7 Å². The first kappa shape index (κ1) is 12.6. The molecule has 0 amide bonds. The second kappa shape index (κ2) is 5.63. The Morgan fingerprint density at radius 3 is 2.53 bits per heavy atom. The van der Waals surface area contributed by atoms with Crippen LogP contribution in [0.3, 0.4) is 0 Å². The molecule has 0 fully saturated rings. The summed E-state index contributed by atoms with van der Waals surface area (Å²) < 4.78 is 5.48. The van der Waals surface area contributed by atoms with Crippen molar-refractivity contribution in [3.05, 3.63) is 33.9 Å². The summed E-state index contributed by atoms with van der Waals surface area (Å²) in [5, 5.41) is 18.8. The second-order valence-corrected chi connectivity index (χ2v) is 4.54. The van der Waals surface area contributed by atoms with Crippen LogP contribution in [0.1, 0.15) is 47.6 Å². The Morgan fingerprint density at radius 2 is 1.88 bits per heavy atom. The van der Waals surface area contributed by atoms with Crippen LogP contribution < -0.4 is 0 Å². The highest BCUT2D eigenvalue weighted by molar-refractivity contribution is 5.47. The monoisotopic (exact) mass is 236 g/mol. The fraction of sp³-hybridized carbons (Fsp3) is 0.571. The normalized spacial score (nSPS) is 14.1. The lowest BCUT2D eigenvalue weighted by atomic mass is 9.91. The number of hydrogen-bond donors (Lipinski definition) is 2. The molecule has 1 aliphatic heterocycles. The zero-order chi connectivity index (χ0) is 12.3. The Kier molecular flexibility index (Phi) is 4.15. The molecule has 3 heteroatoms. The molecule has 0 spiro atoms. The third-order valence-corrected chi connectivity index (χ3v) is 3.47. The van der Waals surface area contributed by atoms with Crippen LogP contribution in [0.5, 0.6) is 0 Å². The number of rotatable bonds is 5. The Hall–Kier alpha value is -0.900. The van der Waals surface area contributed by atoms with Crippen LogP contribution in [0.2, 0.25) is 0 Å². The van der Waals surface area contributed by atoms with Crippen molar-refractivity contribution in [2.75, 3.05) is 0 Å². The predicted molar refractivity (Wildman–Crippen MR) is 65.4 cm³/mol. The van der Waals surface area contributed by atoms with Crippen LogP contribution in [0.25, 0.3) is 0 Å². The fourth-order valence-electron chi connectivity index (χ4n) is 2.49. The Balaban J connectivity index is 2.43. The van der Waals surface area contributed by atoms with Crippen molar-refractivity contribution in [2.24, 2.45) is 0 Å². The van der Waals surface area contributed by atoms with Crippen molar-refractivity contribution in [2.45, 2.75) is 52.6 Å². The molecule has 94 valence electrons. The number of benzene rings is 1. The largest absolute Gasteiger partial charge is 0.392 e. The molecule has 0 unspecified atom stereocenters. The van der Waals surface area contributed by atoms with E-state index in [0.717, 1.165) is 36.0 Å². The van der Waals surface area contributed by atoms with E-state index in [0.29, 0.717) is 13.2 Å². The summed E-state index contributed by atoms with van der Waals surface area (Å²) in [6.07, 6.45) is 3.34. The van der Waals surface area contributed by atoms with E-state index >= 15 is 0 Å². The molecule has 2 N–H and O–H groups in total. The van der Waals surface area contributed by atoms with Crippen molar-refractivity contribution in [3.8, 4) is 0 Å². The lowest BCUT2D eigenvalue weighted by Crippen LogP contribution is -2.04. The minimum Gasteiger partial charge on any atom is -0.392 e. The van der Waals surface area contributed by atoms with Gasteiger partial charge in [-0.15, -0.1) is 0 Å². The topological polar surface area (TPSA) is 49.7 Å². The average Bonchev–Trinajstić information content (AvgIpc) is 2.84. The molecule has 3 nitrogen and oxygen atoms in total. The van der Waals surface area contributed by atoms with Gasteiger partial charge in [-0.1, -0.05) is 19.4 Å². The van der Waals surface area contributed by atoms with Crippen molar-refractivity contribution < 1.29 is 14.9 Å². The van der Waals surface area contributed by atoms with Gasteiger partial charge in [-0.25, -0.2) is 0 Å². The van der Waals surface area contributed by atoms with E-state index in [9.17, 15) is 10.2 Å². The number of aliphatic hydroxyl groups excluding tert-OH is 2. The molecule has 17 heavy (non-hydrogen) atoms. The fourth-order valence-corrected chi connectivity index (χ4v) is 2.49. The first-order valence-electron chi connectivity index (χ1n) is 6.26. The second-order valence-electron chi connectivity index (χ2n) is 4.54. The van der Waals surface area contributed by atoms with Gasteiger partial charge in [0.05, 0.1) is 26.4 Å². The number of aliphatic hydroxyl groups is 2. The summed E-state index contributed by atoms with van der Waals surface area (Å²) in [6, 6.07) is 2.04. The van der Waals surface area contributed by atoms with Gasteiger partial charge < -0.3 is 14.9 Å². The maximum Gasteiger partial charge on any atom is 0.0728 e. The van der Waals surface area contributed by atoms with Gasteiger partial charge in [0.15, 0.2) is 0 Å². The number of hydrogen-bond acceptors (Lipinski definition) is 3. The van der Waals surface area contributed by atoms with Crippen molar-refractivity contribution in [1.82, 2.24) is 0 Å². The molecule has 0 radical (unpaired) electrons. The van der Waals surface area contributed by atoms with E-state index in [1.54, 1.807) is 0 Å². The zero-order valence-corrected chi connectivity index (χ0v) is 10.3. The average molecular weight is 236 g/mol. The highest BCUT2D eigenvalue weighted by Crippen LogP contribution is 2.31. The summed E-state index contributed by atoms with van der Waals surface area (Å²) in [5.41, 5.74) is 5.33. The number of aryl methyl sites for hydroxylation is 1. The Morgan fingerprint density at radius 1 is 1.12 bits per heavy atom. The molecule has 0 aromatic heterocycles. The highest BCUT2D eigenvalue weighted by Gasteiger charge is 2.21. The highest BCUT2D eigenvalue weighted by atomic mass is 16.5. The SMILES string of the molecule is CCCCc1cc(CO)c(CO)c2c1COC2. The lowest BCUT2D eigenvalue weighted by Gasteiger charge is -2.14. The van der Waals surface area contributed by atoms with Crippen molar-refractivity contribution in [3.63, 3.8) is 0 Å². The maximum absolute atomic E-state index is 9.41. The van der Waals surface area contributed by atoms with Gasteiger partial charge in [0.25, 0.3) is 0 Å². The molecule has 1 aromatic rings. The van der Waals surface area contributed by atoms with E-state index in [1.807, 2.05) is 6.07 Å². The van der Waals surface area contributed by atoms with Crippen molar-refractivity contribution in [1.29, 1.82) is 0 Å². The number of fused-ring (bicyclic) bond motifs is 1. The quantitative estimate of drug-likeness (QED) is 0.822. The van der Waals surface area contributed by atoms with Crippen LogP contribution in [-0.2, 0) is 37.6 Å². The molecule has 0 atom stereocenters. The predicted octanol–water partition coefficient (Wildman–Crippen LogP) is 2.04. The van der Waals surface area contributed by atoms with Gasteiger partial charge in [0.2, 0.25) is 0 Å². The van der Waals surface area contributed by atoms with Crippen LogP contribution in [0.4, 0.5) is 0 Å². The molecule has 0 saturated carbocycles. The Bertz CT molecular complexity index is 399. The molecule has 0 aliphatic carbocycles. The van der Waals surface area contributed by atoms with Crippen molar-refractivity contribution >= 4 is 0 Å². The molecule has 2 rings (SSSR count). The van der Waals surface area contributed by atoms with E-state index in [-0.39, 0.29) is 13.2 Å². The third-order valence-electron chi connectivity index (χ3n) is 3.47. The van der Waals surface area contributed by atoms with Gasteiger partial charge in [0, 0.05) is 0 Å². The standard InChI is InChI=1S/C14H20O3/c1-2-3-4-10-5-11(6-15)12(7-16)14-9-17-8-13(10)14/h5,15-16H,2-4,6-9H2,1H3. The minimum absolute atomic E-state index is 0.0116. The molecule has 1 aliphatic rings. The minimum atomic E-state index is -0.0182. The smallest absolute Gasteiger partial charge is 0.0728 e. The molecule has 1 aromatic carbocycles. The lowest BCUT2D eigenvalue weighted by molar-refractivity contribution is 0.133. The first-order valence-corrected chi connectivity index (χ1v) is 6.26. The molecule has 1 heterocycles. The maximum atomic E-state index is 9.41. The van der Waals surface area contributed by atoms with Crippen LogP contribution in [-0.4, -0.2) is 10.2 Å². The zero-order valence-electron chi connectivity index (χ0n) is 10.3. The number of unbranched alkanes of at least 4 members (excludes halogenated alkanes) is 1. The van der Waals surface area contributed by atoms with Crippen LogP contribution >= 0.6 is 0 Å².